The van der Waals surface area contributed by atoms with Crippen molar-refractivity contribution in [1.82, 2.24) is 24.8 Å². The summed E-state index contributed by atoms with van der Waals surface area (Å²) < 4.78 is 2.88. The maximum atomic E-state index is 4.67. The van der Waals surface area contributed by atoms with Crippen LogP contribution in [-0.2, 0) is 0 Å². The Morgan fingerprint density at radius 1 is 1.10 bits per heavy atom. The van der Waals surface area contributed by atoms with E-state index in [1.54, 1.807) is 34.0 Å². The first-order valence-electron chi connectivity index (χ1n) is 6.04. The molecular weight excluding hydrogens is 390 g/mol. The molecule has 4 heterocycles. The molecular formula is C12H8BrN5S3. The molecule has 0 N–H and O–H groups in total. The Balaban J connectivity index is 1.88. The first-order chi connectivity index (χ1) is 10.1. The van der Waals surface area contributed by atoms with E-state index in [2.05, 4.69) is 36.2 Å². The van der Waals surface area contributed by atoms with Gasteiger partial charge in [-0.3, -0.25) is 0 Å². The normalized spacial score (nSPS) is 11.6. The largest absolute Gasteiger partial charge is 0.246 e. The summed E-state index contributed by atoms with van der Waals surface area (Å²) in [4.78, 5) is 7.42. The molecule has 0 aromatic carbocycles. The molecule has 9 heteroatoms. The number of thiophene rings is 1. The molecule has 0 fully saturated rings. The minimum atomic E-state index is 0.780. The number of hydrogen-bond donors (Lipinski definition) is 0. The zero-order chi connectivity index (χ0) is 14.6. The Morgan fingerprint density at radius 2 is 1.95 bits per heavy atom. The average molecular weight is 398 g/mol. The van der Waals surface area contributed by atoms with Crippen molar-refractivity contribution >= 4 is 54.9 Å². The number of hydrogen-bond acceptors (Lipinski definition) is 7. The van der Waals surface area contributed by atoms with Gasteiger partial charge in [0, 0.05) is 0 Å². The predicted octanol–water partition coefficient (Wildman–Crippen LogP) is 4.42. The lowest BCUT2D eigenvalue weighted by atomic mass is 10.4. The van der Waals surface area contributed by atoms with Crippen molar-refractivity contribution < 1.29 is 0 Å². The highest BCUT2D eigenvalue weighted by molar-refractivity contribution is 9.11. The highest BCUT2D eigenvalue weighted by atomic mass is 79.9. The van der Waals surface area contributed by atoms with Crippen LogP contribution in [0.1, 0.15) is 10.7 Å². The Labute approximate surface area is 140 Å². The highest BCUT2D eigenvalue weighted by Gasteiger charge is 2.18. The average Bonchev–Trinajstić information content (AvgIpc) is 3.13. The van der Waals surface area contributed by atoms with Gasteiger partial charge in [0.1, 0.15) is 0 Å². The molecule has 0 aliphatic heterocycles. The van der Waals surface area contributed by atoms with Crippen molar-refractivity contribution in [2.45, 2.75) is 13.8 Å². The summed E-state index contributed by atoms with van der Waals surface area (Å²) in [6.07, 6.45) is 0. The summed E-state index contributed by atoms with van der Waals surface area (Å²) in [5, 5.41) is 15.1. The van der Waals surface area contributed by atoms with Crippen molar-refractivity contribution in [3.05, 3.63) is 26.6 Å². The fourth-order valence-electron chi connectivity index (χ4n) is 2.03. The number of aromatic nitrogens is 5. The lowest BCUT2D eigenvalue weighted by molar-refractivity contribution is 0.974. The summed E-state index contributed by atoms with van der Waals surface area (Å²) in [6, 6.07) is 4.03. The topological polar surface area (TPSA) is 56.0 Å². The van der Waals surface area contributed by atoms with E-state index in [0.717, 1.165) is 40.0 Å². The predicted molar refractivity (Wildman–Crippen MR) is 90.3 cm³/mol. The number of fused-ring (bicyclic) bond motifs is 1. The molecule has 0 saturated carbocycles. The summed E-state index contributed by atoms with van der Waals surface area (Å²) in [6.45, 7) is 4.02. The molecule has 21 heavy (non-hydrogen) atoms. The van der Waals surface area contributed by atoms with Crippen LogP contribution in [0.2, 0.25) is 0 Å². The smallest absolute Gasteiger partial charge is 0.235 e. The van der Waals surface area contributed by atoms with Gasteiger partial charge in [-0.15, -0.1) is 32.9 Å². The van der Waals surface area contributed by atoms with E-state index in [9.17, 15) is 0 Å². The molecule has 0 aliphatic rings. The third-order valence-corrected chi connectivity index (χ3v) is 6.63. The molecule has 106 valence electrons. The number of nitrogens with zero attached hydrogens (tertiary/aromatic N) is 5. The number of rotatable bonds is 2. The van der Waals surface area contributed by atoms with Crippen LogP contribution in [0.25, 0.3) is 25.5 Å². The standard InChI is InChI=1S/C12H8BrN5S3/c1-5-9(19-6(2)14-5)11-17-18-10(15-16-12(18)21-11)7-3-4-8(13)20-7/h3-4H,1-2H3. The summed E-state index contributed by atoms with van der Waals surface area (Å²) >= 11 is 8.30. The van der Waals surface area contributed by atoms with Gasteiger partial charge in [0.05, 0.1) is 24.2 Å². The van der Waals surface area contributed by atoms with E-state index >= 15 is 0 Å². The third-order valence-electron chi connectivity index (χ3n) is 2.88. The fraction of sp³-hybridized carbons (Fsp3) is 0.167. The van der Waals surface area contributed by atoms with E-state index in [4.69, 9.17) is 0 Å². The second-order valence-corrected chi connectivity index (χ2v) is 9.00. The van der Waals surface area contributed by atoms with Crippen LogP contribution in [0.4, 0.5) is 0 Å². The van der Waals surface area contributed by atoms with Gasteiger partial charge in [-0.05, 0) is 41.9 Å². The quantitative estimate of drug-likeness (QED) is 0.502. The molecule has 0 saturated heterocycles. The van der Waals surface area contributed by atoms with Crippen LogP contribution >= 0.6 is 49.9 Å². The third kappa shape index (κ3) is 2.24. The van der Waals surface area contributed by atoms with Crippen LogP contribution in [0, 0.1) is 13.8 Å². The van der Waals surface area contributed by atoms with Crippen molar-refractivity contribution in [2.75, 3.05) is 0 Å². The molecule has 0 bridgehead atoms. The Morgan fingerprint density at radius 3 is 2.62 bits per heavy atom. The SMILES string of the molecule is Cc1nc(C)c(-c2nn3c(-c4ccc(Br)s4)nnc3s2)s1. The zero-order valence-corrected chi connectivity index (χ0v) is 15.0. The molecule has 0 spiro atoms. The van der Waals surface area contributed by atoms with Gasteiger partial charge in [0.2, 0.25) is 4.96 Å². The number of halogens is 1. The van der Waals surface area contributed by atoms with Crippen molar-refractivity contribution in [3.8, 4) is 20.6 Å². The van der Waals surface area contributed by atoms with Crippen molar-refractivity contribution in [1.29, 1.82) is 0 Å². The zero-order valence-electron chi connectivity index (χ0n) is 11.0. The van der Waals surface area contributed by atoms with Gasteiger partial charge in [0.15, 0.2) is 10.8 Å². The van der Waals surface area contributed by atoms with Gasteiger partial charge in [-0.25, -0.2) is 4.98 Å². The minimum Gasteiger partial charge on any atom is -0.246 e. The van der Waals surface area contributed by atoms with E-state index in [1.165, 1.54) is 0 Å². The Kier molecular flexibility index (Phi) is 3.18. The molecule has 4 aromatic heterocycles. The van der Waals surface area contributed by atoms with Crippen molar-refractivity contribution in [3.63, 3.8) is 0 Å². The molecule has 5 nitrogen and oxygen atoms in total. The Hall–Kier alpha value is -1.16. The second kappa shape index (κ2) is 4.94. The fourth-order valence-corrected chi connectivity index (χ4v) is 5.26. The summed E-state index contributed by atoms with van der Waals surface area (Å²) in [5.74, 6) is 0.780. The molecule has 0 aliphatic carbocycles. The van der Waals surface area contributed by atoms with Crippen LogP contribution in [-0.4, -0.2) is 24.8 Å². The molecule has 4 rings (SSSR count). The number of thiazole rings is 1. The van der Waals surface area contributed by atoms with Gasteiger partial charge >= 0.3 is 0 Å². The van der Waals surface area contributed by atoms with Gasteiger partial charge in [-0.1, -0.05) is 11.3 Å². The summed E-state index contributed by atoms with van der Waals surface area (Å²) in [5.41, 5.74) is 1.02. The van der Waals surface area contributed by atoms with E-state index in [0.29, 0.717) is 0 Å². The molecule has 0 radical (unpaired) electrons. The lowest BCUT2D eigenvalue weighted by Crippen LogP contribution is -1.88. The van der Waals surface area contributed by atoms with Gasteiger partial charge in [-0.2, -0.15) is 9.61 Å². The molecule has 0 amide bonds. The second-order valence-electron chi connectivity index (χ2n) is 4.38. The first-order valence-corrected chi connectivity index (χ1v) is 9.28. The Bertz CT molecular complexity index is 947. The lowest BCUT2D eigenvalue weighted by Gasteiger charge is -1.91. The van der Waals surface area contributed by atoms with E-state index < -0.39 is 0 Å². The maximum absolute atomic E-state index is 4.67. The van der Waals surface area contributed by atoms with E-state index in [1.807, 2.05) is 30.5 Å². The molecule has 4 aromatic rings. The molecule has 0 atom stereocenters. The highest BCUT2D eigenvalue weighted by Crippen LogP contribution is 2.35. The van der Waals surface area contributed by atoms with Gasteiger partial charge < -0.3 is 0 Å². The maximum Gasteiger partial charge on any atom is 0.235 e. The van der Waals surface area contributed by atoms with Crippen LogP contribution < -0.4 is 0 Å². The first kappa shape index (κ1) is 13.5. The van der Waals surface area contributed by atoms with E-state index in [-0.39, 0.29) is 0 Å². The molecule has 0 unspecified atom stereocenters. The minimum absolute atomic E-state index is 0.780. The van der Waals surface area contributed by atoms with Crippen LogP contribution in [0.3, 0.4) is 0 Å². The van der Waals surface area contributed by atoms with Crippen LogP contribution in [0.15, 0.2) is 15.9 Å². The van der Waals surface area contributed by atoms with Gasteiger partial charge in [0.25, 0.3) is 0 Å². The summed E-state index contributed by atoms with van der Waals surface area (Å²) in [7, 11) is 0. The van der Waals surface area contributed by atoms with Crippen LogP contribution in [0.5, 0.6) is 0 Å². The number of aryl methyl sites for hydroxylation is 2. The monoisotopic (exact) mass is 397 g/mol. The van der Waals surface area contributed by atoms with Crippen molar-refractivity contribution in [2.24, 2.45) is 0 Å².